The van der Waals surface area contributed by atoms with E-state index in [0.29, 0.717) is 48.6 Å². The normalized spacial score (nSPS) is 15.2. The fourth-order valence-corrected chi connectivity index (χ4v) is 3.55. The molecule has 1 aliphatic heterocycles. The van der Waals surface area contributed by atoms with Crippen molar-refractivity contribution in [2.24, 2.45) is 0 Å². The van der Waals surface area contributed by atoms with E-state index in [1.807, 2.05) is 4.90 Å². The number of alkyl halides is 3. The standard InChI is InChI=1S/C17H12BrClF3N5O2/c18-13-10(17(20,21)22)7-9(8-23-13)15(28)26-3-5-27(6-4-26)16-25-14-11(29-16)1-2-12(19)24-14/h1-2,7-8H,3-6H2. The third-order valence-corrected chi connectivity index (χ3v) is 5.28. The number of oxazole rings is 1. The van der Waals surface area contributed by atoms with Gasteiger partial charge in [-0.3, -0.25) is 4.79 Å². The molecule has 0 unspecified atom stereocenters. The summed E-state index contributed by atoms with van der Waals surface area (Å²) in [5.41, 5.74) is -0.232. The summed E-state index contributed by atoms with van der Waals surface area (Å²) in [6.45, 7) is 1.40. The maximum atomic E-state index is 13.1. The first-order valence-corrected chi connectivity index (χ1v) is 9.59. The lowest BCUT2D eigenvalue weighted by molar-refractivity contribution is -0.138. The van der Waals surface area contributed by atoms with E-state index >= 15 is 0 Å². The Morgan fingerprint density at radius 3 is 2.59 bits per heavy atom. The molecular weight excluding hydrogens is 479 g/mol. The van der Waals surface area contributed by atoms with Crippen molar-refractivity contribution >= 4 is 50.7 Å². The van der Waals surface area contributed by atoms with Gasteiger partial charge in [-0.2, -0.15) is 18.2 Å². The van der Waals surface area contributed by atoms with Crippen molar-refractivity contribution in [3.05, 3.63) is 45.3 Å². The van der Waals surface area contributed by atoms with Gasteiger partial charge in [0.25, 0.3) is 11.9 Å². The average Bonchev–Trinajstić information content (AvgIpc) is 3.10. The van der Waals surface area contributed by atoms with Gasteiger partial charge in [0.2, 0.25) is 5.65 Å². The van der Waals surface area contributed by atoms with Crippen LogP contribution < -0.4 is 4.90 Å². The Morgan fingerprint density at radius 2 is 1.90 bits per heavy atom. The van der Waals surface area contributed by atoms with Crippen LogP contribution >= 0.6 is 27.5 Å². The fourth-order valence-electron chi connectivity index (χ4n) is 2.97. The lowest BCUT2D eigenvalue weighted by Gasteiger charge is -2.33. The van der Waals surface area contributed by atoms with Crippen molar-refractivity contribution in [2.75, 3.05) is 31.1 Å². The Hall–Kier alpha value is -2.40. The van der Waals surface area contributed by atoms with E-state index < -0.39 is 17.6 Å². The van der Waals surface area contributed by atoms with Gasteiger partial charge in [-0.25, -0.2) is 9.97 Å². The highest BCUT2D eigenvalue weighted by Crippen LogP contribution is 2.34. The van der Waals surface area contributed by atoms with Crippen LogP contribution in [-0.2, 0) is 6.18 Å². The molecule has 29 heavy (non-hydrogen) atoms. The number of hydrogen-bond donors (Lipinski definition) is 0. The quantitative estimate of drug-likeness (QED) is 0.505. The second-order valence-electron chi connectivity index (χ2n) is 6.29. The topological polar surface area (TPSA) is 75.4 Å². The lowest BCUT2D eigenvalue weighted by atomic mass is 10.1. The van der Waals surface area contributed by atoms with E-state index in [4.69, 9.17) is 16.0 Å². The smallest absolute Gasteiger partial charge is 0.419 e. The maximum Gasteiger partial charge on any atom is 0.419 e. The molecule has 0 saturated carbocycles. The number of piperazine rings is 1. The second kappa shape index (κ2) is 7.45. The molecule has 4 rings (SSSR count). The molecule has 3 aromatic rings. The van der Waals surface area contributed by atoms with Crippen LogP contribution in [0.3, 0.4) is 0 Å². The molecule has 12 heteroatoms. The number of nitrogens with zero attached hydrogens (tertiary/aromatic N) is 5. The van der Waals surface area contributed by atoms with Crippen molar-refractivity contribution in [3.63, 3.8) is 0 Å². The number of carbonyl (C=O) groups excluding carboxylic acids is 1. The Bertz CT molecular complexity index is 1080. The Balaban J connectivity index is 1.47. The third kappa shape index (κ3) is 4.01. The van der Waals surface area contributed by atoms with Gasteiger partial charge >= 0.3 is 6.18 Å². The van der Waals surface area contributed by atoms with E-state index in [1.54, 1.807) is 12.1 Å². The van der Waals surface area contributed by atoms with Crippen LogP contribution in [-0.4, -0.2) is 51.9 Å². The van der Waals surface area contributed by atoms with Gasteiger partial charge in [-0.1, -0.05) is 11.6 Å². The monoisotopic (exact) mass is 489 g/mol. The minimum atomic E-state index is -4.61. The van der Waals surface area contributed by atoms with E-state index in [1.165, 1.54) is 4.90 Å². The highest BCUT2D eigenvalue weighted by Gasteiger charge is 2.35. The highest BCUT2D eigenvalue weighted by atomic mass is 79.9. The van der Waals surface area contributed by atoms with E-state index in [-0.39, 0.29) is 10.2 Å². The zero-order chi connectivity index (χ0) is 20.8. The van der Waals surface area contributed by atoms with Gasteiger partial charge in [0, 0.05) is 32.4 Å². The molecule has 0 aromatic carbocycles. The summed E-state index contributed by atoms with van der Waals surface area (Å²) in [6, 6.07) is 4.42. The van der Waals surface area contributed by atoms with Crippen LogP contribution in [0.2, 0.25) is 5.15 Å². The Morgan fingerprint density at radius 1 is 1.17 bits per heavy atom. The van der Waals surface area contributed by atoms with E-state index in [0.717, 1.165) is 12.3 Å². The molecule has 1 fully saturated rings. The summed E-state index contributed by atoms with van der Waals surface area (Å²) in [5, 5.41) is 0.300. The summed E-state index contributed by atoms with van der Waals surface area (Å²) >= 11 is 8.62. The van der Waals surface area contributed by atoms with Crippen LogP contribution in [0, 0.1) is 0 Å². The molecule has 0 atom stereocenters. The zero-order valence-corrected chi connectivity index (χ0v) is 16.9. The number of fused-ring (bicyclic) bond motifs is 1. The molecule has 1 saturated heterocycles. The number of hydrogen-bond acceptors (Lipinski definition) is 6. The molecule has 4 heterocycles. The van der Waals surface area contributed by atoms with Crippen molar-refractivity contribution in [2.45, 2.75) is 6.18 Å². The number of carbonyl (C=O) groups is 1. The third-order valence-electron chi connectivity index (χ3n) is 4.44. The average molecular weight is 491 g/mol. The van der Waals surface area contributed by atoms with E-state index in [2.05, 4.69) is 30.9 Å². The van der Waals surface area contributed by atoms with Crippen LogP contribution in [0.1, 0.15) is 15.9 Å². The van der Waals surface area contributed by atoms with Crippen molar-refractivity contribution in [1.82, 2.24) is 19.9 Å². The summed E-state index contributed by atoms with van der Waals surface area (Å²) in [7, 11) is 0. The molecule has 0 bridgehead atoms. The van der Waals surface area contributed by atoms with Gasteiger partial charge in [0.05, 0.1) is 11.1 Å². The predicted molar refractivity (Wildman–Crippen MR) is 102 cm³/mol. The van der Waals surface area contributed by atoms with Gasteiger partial charge in [-0.15, -0.1) is 0 Å². The van der Waals surface area contributed by atoms with Crippen molar-refractivity contribution < 1.29 is 22.4 Å². The number of anilines is 1. The van der Waals surface area contributed by atoms with Crippen LogP contribution in [0.15, 0.2) is 33.4 Å². The summed E-state index contributed by atoms with van der Waals surface area (Å²) in [6.07, 6.45) is -3.48. The summed E-state index contributed by atoms with van der Waals surface area (Å²) < 4.78 is 44.5. The minimum Gasteiger partial charge on any atom is -0.422 e. The summed E-state index contributed by atoms with van der Waals surface area (Å²) in [4.78, 5) is 28.0. The Kier molecular flexibility index (Phi) is 5.11. The first-order chi connectivity index (χ1) is 13.7. The van der Waals surface area contributed by atoms with Crippen molar-refractivity contribution in [1.29, 1.82) is 0 Å². The largest absolute Gasteiger partial charge is 0.422 e. The number of amides is 1. The molecular formula is C17H12BrClF3N5O2. The molecule has 0 spiro atoms. The highest BCUT2D eigenvalue weighted by molar-refractivity contribution is 9.10. The van der Waals surface area contributed by atoms with Crippen molar-refractivity contribution in [3.8, 4) is 0 Å². The van der Waals surface area contributed by atoms with Gasteiger partial charge in [-0.05, 0) is 34.1 Å². The van der Waals surface area contributed by atoms with Gasteiger partial charge in [0.1, 0.15) is 9.76 Å². The van der Waals surface area contributed by atoms with Gasteiger partial charge < -0.3 is 14.2 Å². The number of pyridine rings is 2. The van der Waals surface area contributed by atoms with Crippen LogP contribution in [0.4, 0.5) is 19.2 Å². The number of aromatic nitrogens is 3. The number of halogens is 5. The fraction of sp³-hybridized carbons (Fsp3) is 0.294. The first-order valence-electron chi connectivity index (χ1n) is 8.42. The van der Waals surface area contributed by atoms with Gasteiger partial charge in [0.15, 0.2) is 5.58 Å². The van der Waals surface area contributed by atoms with E-state index in [9.17, 15) is 18.0 Å². The molecule has 1 aliphatic rings. The number of rotatable bonds is 2. The zero-order valence-electron chi connectivity index (χ0n) is 14.6. The first kappa shape index (κ1) is 19.9. The lowest BCUT2D eigenvalue weighted by Crippen LogP contribution is -2.49. The molecule has 0 aliphatic carbocycles. The van der Waals surface area contributed by atoms with Crippen LogP contribution in [0.25, 0.3) is 11.2 Å². The van der Waals surface area contributed by atoms with Crippen LogP contribution in [0.5, 0.6) is 0 Å². The maximum absolute atomic E-state index is 13.1. The molecule has 3 aromatic heterocycles. The molecule has 0 radical (unpaired) electrons. The predicted octanol–water partition coefficient (Wildman–Crippen LogP) is 4.01. The molecule has 152 valence electrons. The molecule has 1 amide bonds. The second-order valence-corrected chi connectivity index (χ2v) is 7.43. The molecule has 0 N–H and O–H groups in total. The Labute approximate surface area is 175 Å². The SMILES string of the molecule is O=C(c1cnc(Br)c(C(F)(F)F)c1)N1CCN(c2nc3nc(Cl)ccc3o2)CC1. The minimum absolute atomic E-state index is 0.116. The summed E-state index contributed by atoms with van der Waals surface area (Å²) in [5.74, 6) is -0.513. The molecule has 7 nitrogen and oxygen atoms in total.